The van der Waals surface area contributed by atoms with Crippen molar-refractivity contribution < 1.29 is 4.74 Å². The molecule has 1 radical (unpaired) electrons. The molecule has 0 saturated heterocycles. The third-order valence-electron chi connectivity index (χ3n) is 0.626. The molecule has 0 spiro atoms. The van der Waals surface area contributed by atoms with Crippen molar-refractivity contribution in [3.05, 3.63) is 18.6 Å². The Hall–Kier alpha value is -0.300. The van der Waals surface area contributed by atoms with Crippen molar-refractivity contribution in [2.75, 3.05) is 13.2 Å². The molecule has 0 unspecified atom stereocenters. The highest BCUT2D eigenvalue weighted by Gasteiger charge is 1.89. The second-order valence-electron chi connectivity index (χ2n) is 2.01. The van der Waals surface area contributed by atoms with Crippen molar-refractivity contribution in [2.45, 2.75) is 13.8 Å². The minimum absolute atomic E-state index is 0.658. The highest BCUT2D eigenvalue weighted by atomic mass is 16.5. The lowest BCUT2D eigenvalue weighted by atomic mass is 10.2. The molecule has 47 valence electrons. The van der Waals surface area contributed by atoms with Crippen LogP contribution in [0.3, 0.4) is 0 Å². The van der Waals surface area contributed by atoms with Gasteiger partial charge in [-0.15, -0.1) is 6.58 Å². The van der Waals surface area contributed by atoms with Gasteiger partial charge in [0.15, 0.2) is 0 Å². The number of rotatable bonds is 4. The van der Waals surface area contributed by atoms with Crippen molar-refractivity contribution in [2.24, 2.45) is 0 Å². The zero-order chi connectivity index (χ0) is 6.41. The predicted molar refractivity (Wildman–Crippen MR) is 35.6 cm³/mol. The summed E-state index contributed by atoms with van der Waals surface area (Å²) in [5.74, 6) is 1.30. The van der Waals surface area contributed by atoms with Crippen LogP contribution in [0.25, 0.3) is 0 Å². The maximum Gasteiger partial charge on any atom is 0.0645 e. The van der Waals surface area contributed by atoms with E-state index < -0.39 is 0 Å². The number of hydrogen-bond acceptors (Lipinski definition) is 1. The van der Waals surface area contributed by atoms with Gasteiger partial charge in [-0.25, -0.2) is 0 Å². The first kappa shape index (κ1) is 7.70. The molecular formula is C7H13O. The van der Waals surface area contributed by atoms with Gasteiger partial charge in [0.2, 0.25) is 0 Å². The zero-order valence-electron chi connectivity index (χ0n) is 5.61. The van der Waals surface area contributed by atoms with Gasteiger partial charge in [0.25, 0.3) is 0 Å². The summed E-state index contributed by atoms with van der Waals surface area (Å²) in [5, 5.41) is 0. The van der Waals surface area contributed by atoms with E-state index in [1.165, 1.54) is 5.92 Å². The van der Waals surface area contributed by atoms with Crippen LogP contribution in [-0.2, 0) is 4.74 Å². The Morgan fingerprint density at radius 1 is 1.62 bits per heavy atom. The molecule has 0 aliphatic heterocycles. The number of ether oxygens (including phenoxy) is 1. The molecule has 0 aromatic rings. The van der Waals surface area contributed by atoms with E-state index >= 15 is 0 Å². The fourth-order valence-electron chi connectivity index (χ4n) is 0.346. The first-order valence-corrected chi connectivity index (χ1v) is 2.75. The van der Waals surface area contributed by atoms with E-state index in [1.54, 1.807) is 6.08 Å². The van der Waals surface area contributed by atoms with Crippen LogP contribution in [-0.4, -0.2) is 13.2 Å². The summed E-state index contributed by atoms with van der Waals surface area (Å²) in [6, 6.07) is 0. The van der Waals surface area contributed by atoms with E-state index in [2.05, 4.69) is 6.58 Å². The van der Waals surface area contributed by atoms with Gasteiger partial charge in [-0.05, 0) is 5.92 Å². The molecule has 0 heterocycles. The van der Waals surface area contributed by atoms with E-state index in [0.717, 1.165) is 6.61 Å². The van der Waals surface area contributed by atoms with Crippen molar-refractivity contribution in [3.8, 4) is 0 Å². The van der Waals surface area contributed by atoms with Gasteiger partial charge >= 0.3 is 0 Å². The first-order chi connectivity index (χ1) is 3.77. The molecule has 8 heavy (non-hydrogen) atoms. The molecule has 0 aliphatic carbocycles. The fraction of sp³-hybridized carbons (Fsp3) is 0.571. The topological polar surface area (TPSA) is 9.23 Å². The summed E-state index contributed by atoms with van der Waals surface area (Å²) in [6.45, 7) is 9.03. The molecule has 0 fully saturated rings. The van der Waals surface area contributed by atoms with Gasteiger partial charge in [-0.3, -0.25) is 0 Å². The Labute approximate surface area is 51.4 Å². The molecule has 1 nitrogen and oxygen atoms in total. The smallest absolute Gasteiger partial charge is 0.0645 e. The van der Waals surface area contributed by atoms with Crippen LogP contribution in [0.2, 0.25) is 0 Å². The Morgan fingerprint density at radius 2 is 2.25 bits per heavy atom. The maximum atomic E-state index is 5.09. The van der Waals surface area contributed by atoms with Crippen molar-refractivity contribution >= 4 is 0 Å². The summed E-state index contributed by atoms with van der Waals surface area (Å²) in [6.07, 6.45) is 1.75. The minimum atomic E-state index is 0.658. The molecule has 0 aromatic heterocycles. The summed E-state index contributed by atoms with van der Waals surface area (Å²) in [4.78, 5) is 0. The van der Waals surface area contributed by atoms with Gasteiger partial charge in [-0.1, -0.05) is 19.9 Å². The largest absolute Gasteiger partial charge is 0.377 e. The normalized spacial score (nSPS) is 9.88. The first-order valence-electron chi connectivity index (χ1n) is 2.75. The Bertz CT molecular complexity index is 57.4. The maximum absolute atomic E-state index is 5.09. The third kappa shape index (κ3) is 5.70. The Balaban J connectivity index is 2.81. The molecule has 0 aliphatic rings. The van der Waals surface area contributed by atoms with E-state index in [9.17, 15) is 0 Å². The van der Waals surface area contributed by atoms with Gasteiger partial charge in [0.05, 0.1) is 13.2 Å². The number of hydrogen-bond donors (Lipinski definition) is 0. The van der Waals surface area contributed by atoms with Crippen LogP contribution in [0, 0.1) is 5.92 Å². The molecule has 0 aromatic carbocycles. The fourth-order valence-corrected chi connectivity index (χ4v) is 0.346. The van der Waals surface area contributed by atoms with E-state index in [4.69, 9.17) is 4.74 Å². The monoisotopic (exact) mass is 113 g/mol. The Morgan fingerprint density at radius 3 is 2.62 bits per heavy atom. The lowest BCUT2D eigenvalue weighted by Gasteiger charge is -2.01. The van der Waals surface area contributed by atoms with Crippen LogP contribution in [0.4, 0.5) is 0 Å². The van der Waals surface area contributed by atoms with Gasteiger partial charge in [0, 0.05) is 0 Å². The van der Waals surface area contributed by atoms with Crippen LogP contribution in [0.15, 0.2) is 12.7 Å². The van der Waals surface area contributed by atoms with E-state index in [0.29, 0.717) is 6.61 Å². The molecule has 0 rings (SSSR count). The van der Waals surface area contributed by atoms with Gasteiger partial charge in [0.1, 0.15) is 0 Å². The summed E-state index contributed by atoms with van der Waals surface area (Å²) >= 11 is 0. The van der Waals surface area contributed by atoms with Crippen LogP contribution < -0.4 is 0 Å². The highest BCUT2D eigenvalue weighted by Crippen LogP contribution is 1.93. The van der Waals surface area contributed by atoms with Crippen LogP contribution in [0.1, 0.15) is 13.8 Å². The second kappa shape index (κ2) is 4.85. The lowest BCUT2D eigenvalue weighted by Crippen LogP contribution is -1.98. The van der Waals surface area contributed by atoms with Crippen LogP contribution >= 0.6 is 0 Å². The molecule has 0 amide bonds. The van der Waals surface area contributed by atoms with Gasteiger partial charge in [-0.2, -0.15) is 0 Å². The minimum Gasteiger partial charge on any atom is -0.377 e. The average Bonchev–Trinajstić information content (AvgIpc) is 1.66. The van der Waals surface area contributed by atoms with Crippen molar-refractivity contribution in [1.29, 1.82) is 0 Å². The standard InChI is InChI=1S/C7H13O/c1-4-5-8-6-7(2)3/h4H,1,5-6H2,2-3H3. The highest BCUT2D eigenvalue weighted by molar-refractivity contribution is 4.76. The zero-order valence-corrected chi connectivity index (χ0v) is 5.61. The average molecular weight is 113 g/mol. The molecule has 0 bridgehead atoms. The summed E-state index contributed by atoms with van der Waals surface area (Å²) < 4.78 is 5.09. The summed E-state index contributed by atoms with van der Waals surface area (Å²) in [7, 11) is 0. The quantitative estimate of drug-likeness (QED) is 0.399. The van der Waals surface area contributed by atoms with Crippen LogP contribution in [0.5, 0.6) is 0 Å². The van der Waals surface area contributed by atoms with E-state index in [1.807, 2.05) is 13.8 Å². The Kier molecular flexibility index (Phi) is 4.67. The molecule has 0 atom stereocenters. The third-order valence-corrected chi connectivity index (χ3v) is 0.626. The summed E-state index contributed by atoms with van der Waals surface area (Å²) in [5.41, 5.74) is 0. The second-order valence-corrected chi connectivity index (χ2v) is 2.01. The molecule has 0 N–H and O–H groups in total. The van der Waals surface area contributed by atoms with Crippen molar-refractivity contribution in [3.63, 3.8) is 0 Å². The molecular weight excluding hydrogens is 100 g/mol. The lowest BCUT2D eigenvalue weighted by molar-refractivity contribution is 0.174. The van der Waals surface area contributed by atoms with E-state index in [-0.39, 0.29) is 0 Å². The van der Waals surface area contributed by atoms with Gasteiger partial charge < -0.3 is 4.74 Å². The predicted octanol–water partition coefficient (Wildman–Crippen LogP) is 1.80. The van der Waals surface area contributed by atoms with Crippen molar-refractivity contribution in [1.82, 2.24) is 0 Å². The molecule has 0 saturated carbocycles. The SMILES string of the molecule is C=CCOC[C](C)C. The molecule has 1 heteroatoms.